The Kier molecular flexibility index (Phi) is 6.09. The lowest BCUT2D eigenvalue weighted by Gasteiger charge is -2.40. The zero-order valence-electron chi connectivity index (χ0n) is 21.5. The number of methoxy groups -OCH3 is 1. The van der Waals surface area contributed by atoms with E-state index in [1.54, 1.807) is 7.11 Å². The molecule has 5 nitrogen and oxygen atoms in total. The van der Waals surface area contributed by atoms with Gasteiger partial charge in [0.2, 0.25) is 0 Å². The van der Waals surface area contributed by atoms with Crippen LogP contribution in [0.15, 0.2) is 84.9 Å². The second-order valence-corrected chi connectivity index (χ2v) is 10.5. The summed E-state index contributed by atoms with van der Waals surface area (Å²) in [6, 6.07) is 29.3. The highest BCUT2D eigenvalue weighted by molar-refractivity contribution is 6.03. The van der Waals surface area contributed by atoms with E-state index < -0.39 is 0 Å². The first-order chi connectivity index (χ1) is 18.0. The number of fused-ring (bicyclic) bond motifs is 3. The molecule has 0 bridgehead atoms. The van der Waals surface area contributed by atoms with Crippen molar-refractivity contribution in [2.24, 2.45) is 0 Å². The number of benzene rings is 4. The normalized spacial score (nSPS) is 16.6. The number of carbonyl (C=O) groups excluding carboxylic acids is 1. The fourth-order valence-electron chi connectivity index (χ4n) is 6.03. The largest absolute Gasteiger partial charge is 0.497 e. The topological polar surface area (TPSA) is 44.8 Å². The van der Waals surface area contributed by atoms with Crippen molar-refractivity contribution < 1.29 is 9.53 Å². The van der Waals surface area contributed by atoms with Gasteiger partial charge in [-0.15, -0.1) is 0 Å². The van der Waals surface area contributed by atoms with Crippen molar-refractivity contribution in [3.63, 3.8) is 0 Å². The molecule has 5 heteroatoms. The van der Waals surface area contributed by atoms with E-state index in [0.29, 0.717) is 6.54 Å². The van der Waals surface area contributed by atoms with E-state index in [2.05, 4.69) is 58.7 Å². The molecule has 4 aromatic carbocycles. The Morgan fingerprint density at radius 3 is 2.51 bits per heavy atom. The Bertz CT molecular complexity index is 1460. The number of nitrogens with one attached hydrogen (secondary N) is 1. The Morgan fingerprint density at radius 2 is 1.73 bits per heavy atom. The predicted molar refractivity (Wildman–Crippen MR) is 151 cm³/mol. The number of piperidine rings is 1. The number of hydrogen-bond donors (Lipinski definition) is 1. The lowest BCUT2D eigenvalue weighted by Crippen LogP contribution is -2.46. The molecule has 1 saturated heterocycles. The minimum atomic E-state index is -0.0764. The maximum absolute atomic E-state index is 13.5. The Balaban J connectivity index is 1.21. The average Bonchev–Trinajstić information content (AvgIpc) is 3.23. The molecule has 188 valence electrons. The Hall–Kier alpha value is -3.83. The maximum Gasteiger partial charge on any atom is 0.326 e. The number of ether oxygens (including phenoxy) is 1. The van der Waals surface area contributed by atoms with E-state index in [0.717, 1.165) is 55.2 Å². The maximum atomic E-state index is 13.5. The Morgan fingerprint density at radius 1 is 0.919 bits per heavy atom. The number of amides is 2. The summed E-state index contributed by atoms with van der Waals surface area (Å²) in [6.45, 7) is 5.67. The van der Waals surface area contributed by atoms with Crippen molar-refractivity contribution in [1.29, 1.82) is 0 Å². The fourth-order valence-corrected chi connectivity index (χ4v) is 6.03. The number of urea groups is 1. The van der Waals surface area contributed by atoms with E-state index in [1.807, 2.05) is 48.2 Å². The molecule has 0 radical (unpaired) electrons. The van der Waals surface area contributed by atoms with Crippen LogP contribution in [0.5, 0.6) is 5.75 Å². The van der Waals surface area contributed by atoms with E-state index in [1.165, 1.54) is 21.9 Å². The van der Waals surface area contributed by atoms with Crippen LogP contribution in [0.2, 0.25) is 0 Å². The van der Waals surface area contributed by atoms with Crippen LogP contribution < -0.4 is 15.0 Å². The monoisotopic (exact) mass is 491 g/mol. The highest BCUT2D eigenvalue weighted by Gasteiger charge is 2.46. The van der Waals surface area contributed by atoms with Gasteiger partial charge < -0.3 is 10.1 Å². The molecule has 1 N–H and O–H groups in total. The van der Waals surface area contributed by atoms with Gasteiger partial charge in [0.15, 0.2) is 0 Å². The van der Waals surface area contributed by atoms with E-state index in [9.17, 15) is 4.79 Å². The lowest BCUT2D eigenvalue weighted by atomic mass is 9.74. The Labute approximate surface area is 218 Å². The summed E-state index contributed by atoms with van der Waals surface area (Å²) in [5.74, 6) is 0.845. The number of nitrogens with zero attached hydrogens (tertiary/aromatic N) is 2. The minimum absolute atomic E-state index is 0.0618. The van der Waals surface area contributed by atoms with Crippen LogP contribution in [0.25, 0.3) is 10.8 Å². The molecule has 2 heterocycles. The van der Waals surface area contributed by atoms with E-state index in [4.69, 9.17) is 4.74 Å². The van der Waals surface area contributed by atoms with Gasteiger partial charge in [0.05, 0.1) is 7.11 Å². The molecule has 37 heavy (non-hydrogen) atoms. The van der Waals surface area contributed by atoms with E-state index >= 15 is 0 Å². The molecule has 0 aromatic heterocycles. The minimum Gasteiger partial charge on any atom is -0.497 e. The van der Waals surface area contributed by atoms with Crippen LogP contribution >= 0.6 is 0 Å². The molecular formula is C32H33N3O2. The molecule has 0 saturated carbocycles. The molecule has 2 amide bonds. The van der Waals surface area contributed by atoms with Gasteiger partial charge >= 0.3 is 6.03 Å². The van der Waals surface area contributed by atoms with Crippen LogP contribution in [0, 0.1) is 6.92 Å². The molecule has 2 aliphatic heterocycles. The summed E-state index contributed by atoms with van der Waals surface area (Å²) in [7, 11) is 1.71. The summed E-state index contributed by atoms with van der Waals surface area (Å²) in [4.78, 5) is 17.9. The summed E-state index contributed by atoms with van der Waals surface area (Å²) in [6.07, 6.45) is 2.02. The fraction of sp³-hybridized carbons (Fsp3) is 0.281. The summed E-state index contributed by atoms with van der Waals surface area (Å²) < 4.78 is 5.58. The number of hydrogen-bond acceptors (Lipinski definition) is 3. The van der Waals surface area contributed by atoms with Crippen LogP contribution in [-0.2, 0) is 12.0 Å². The smallest absolute Gasteiger partial charge is 0.326 e. The average molecular weight is 492 g/mol. The number of likely N-dealkylation sites (tertiary alicyclic amines) is 1. The molecule has 6 rings (SSSR count). The number of carbonyl (C=O) groups is 1. The van der Waals surface area contributed by atoms with Crippen molar-refractivity contribution in [1.82, 2.24) is 4.90 Å². The molecule has 1 fully saturated rings. The standard InChI is InChI=1S/C32H33N3O2/c1-23-6-5-9-27(18-23)33-31(36)35-22-32(29-20-28(37-2)12-13-30(29)35)14-16-34(17-15-32)21-24-10-11-25-7-3-4-8-26(25)19-24/h3-13,18-20H,14-17,21-22H2,1-2H3,(H,33,36). The van der Waals surface area contributed by atoms with Crippen LogP contribution in [-0.4, -0.2) is 37.7 Å². The molecule has 0 atom stereocenters. The second-order valence-electron chi connectivity index (χ2n) is 10.5. The zero-order valence-corrected chi connectivity index (χ0v) is 21.5. The first-order valence-electron chi connectivity index (χ1n) is 13.1. The van der Waals surface area contributed by atoms with Crippen molar-refractivity contribution in [2.75, 3.05) is 37.0 Å². The highest BCUT2D eigenvalue weighted by Crippen LogP contribution is 2.48. The molecule has 0 unspecified atom stereocenters. The van der Waals surface area contributed by atoms with Crippen molar-refractivity contribution in [2.45, 2.75) is 31.7 Å². The number of anilines is 2. The highest BCUT2D eigenvalue weighted by atomic mass is 16.5. The first kappa shape index (κ1) is 23.6. The van der Waals surface area contributed by atoms with Crippen molar-refractivity contribution in [3.05, 3.63) is 102 Å². The molecule has 1 spiro atoms. The van der Waals surface area contributed by atoms with Crippen LogP contribution in [0.3, 0.4) is 0 Å². The SMILES string of the molecule is COc1ccc2c(c1)C1(CCN(Cc3ccc4ccccc4c3)CC1)CN2C(=O)Nc1cccc(C)c1. The van der Waals surface area contributed by atoms with Gasteiger partial charge in [-0.1, -0.05) is 48.5 Å². The van der Waals surface area contributed by atoms with E-state index in [-0.39, 0.29) is 11.4 Å². The predicted octanol–water partition coefficient (Wildman–Crippen LogP) is 6.74. The summed E-state index contributed by atoms with van der Waals surface area (Å²) >= 11 is 0. The van der Waals surface area contributed by atoms with Gasteiger partial charge in [-0.2, -0.15) is 0 Å². The van der Waals surface area contributed by atoms with Gasteiger partial charge in [-0.3, -0.25) is 9.80 Å². The molecule has 2 aliphatic rings. The van der Waals surface area contributed by atoms with Gasteiger partial charge in [0.25, 0.3) is 0 Å². The van der Waals surface area contributed by atoms with Crippen LogP contribution in [0.1, 0.15) is 29.5 Å². The zero-order chi connectivity index (χ0) is 25.4. The molecule has 4 aromatic rings. The third-order valence-electron chi connectivity index (χ3n) is 8.07. The molecular weight excluding hydrogens is 458 g/mol. The van der Waals surface area contributed by atoms with Gasteiger partial charge in [-0.05, 0) is 96.7 Å². The molecule has 0 aliphatic carbocycles. The van der Waals surface area contributed by atoms with Gasteiger partial charge in [0, 0.05) is 29.9 Å². The van der Waals surface area contributed by atoms with Crippen molar-refractivity contribution >= 4 is 28.2 Å². The quantitative estimate of drug-likeness (QED) is 0.344. The second kappa shape index (κ2) is 9.56. The van der Waals surface area contributed by atoms with Crippen molar-refractivity contribution in [3.8, 4) is 5.75 Å². The third-order valence-corrected chi connectivity index (χ3v) is 8.07. The van der Waals surface area contributed by atoms with Crippen LogP contribution in [0.4, 0.5) is 16.2 Å². The summed E-state index contributed by atoms with van der Waals surface area (Å²) in [5, 5.41) is 5.69. The first-order valence-corrected chi connectivity index (χ1v) is 13.1. The van der Waals surface area contributed by atoms with Gasteiger partial charge in [-0.25, -0.2) is 4.79 Å². The third kappa shape index (κ3) is 4.56. The number of aryl methyl sites for hydroxylation is 1. The lowest BCUT2D eigenvalue weighted by molar-refractivity contribution is 0.160. The number of rotatable bonds is 4. The van der Waals surface area contributed by atoms with Gasteiger partial charge in [0.1, 0.15) is 5.75 Å². The summed E-state index contributed by atoms with van der Waals surface area (Å²) in [5.41, 5.74) is 5.46.